The van der Waals surface area contributed by atoms with Gasteiger partial charge in [-0.2, -0.15) is 10.5 Å². The highest BCUT2D eigenvalue weighted by molar-refractivity contribution is 5.77. The Bertz CT molecular complexity index is 638. The third-order valence-corrected chi connectivity index (χ3v) is 3.40. The van der Waals surface area contributed by atoms with Crippen molar-refractivity contribution in [2.24, 2.45) is 5.92 Å². The van der Waals surface area contributed by atoms with Crippen LogP contribution in [0.2, 0.25) is 0 Å². The molecule has 5 heteroatoms. The zero-order chi connectivity index (χ0) is 15.5. The predicted molar refractivity (Wildman–Crippen MR) is 77.3 cm³/mol. The monoisotopic (exact) mass is 282 g/mol. The van der Waals surface area contributed by atoms with Gasteiger partial charge in [-0.15, -0.1) is 0 Å². The van der Waals surface area contributed by atoms with Gasteiger partial charge < -0.3 is 14.6 Å². The number of hydrogen-bond donors (Lipinski definition) is 1. The number of nitrogens with zero attached hydrogens (tertiary/aromatic N) is 2. The van der Waals surface area contributed by atoms with Crippen LogP contribution in [-0.4, -0.2) is 24.9 Å². The Morgan fingerprint density at radius 1 is 1.00 bits per heavy atom. The molecular formula is C16H14N2O3. The molecule has 1 N–H and O–H groups in total. The number of fused-ring (bicyclic) bond motifs is 1. The SMILES string of the molecule is COc1ccc(OC)c2c1C=CC(O)(C(C#N)C#N)C=C2. The Labute approximate surface area is 123 Å². The molecule has 0 amide bonds. The van der Waals surface area contributed by atoms with Gasteiger partial charge in [-0.25, -0.2) is 0 Å². The quantitative estimate of drug-likeness (QED) is 0.917. The minimum Gasteiger partial charge on any atom is -0.496 e. The Morgan fingerprint density at radius 2 is 1.43 bits per heavy atom. The van der Waals surface area contributed by atoms with E-state index in [9.17, 15) is 5.11 Å². The summed E-state index contributed by atoms with van der Waals surface area (Å²) in [6.07, 6.45) is 6.12. The fraction of sp³-hybridized carbons (Fsp3) is 0.250. The van der Waals surface area contributed by atoms with E-state index >= 15 is 0 Å². The summed E-state index contributed by atoms with van der Waals surface area (Å²) in [5.74, 6) is 0.0270. The van der Waals surface area contributed by atoms with E-state index in [0.29, 0.717) is 11.5 Å². The first-order chi connectivity index (χ1) is 10.1. The first-order valence-electron chi connectivity index (χ1n) is 6.24. The third kappa shape index (κ3) is 2.47. The number of hydrogen-bond acceptors (Lipinski definition) is 5. The number of rotatable bonds is 3. The minimum absolute atomic E-state index is 0.612. The van der Waals surface area contributed by atoms with Crippen LogP contribution in [-0.2, 0) is 0 Å². The van der Waals surface area contributed by atoms with Crippen molar-refractivity contribution in [1.29, 1.82) is 10.5 Å². The molecule has 0 radical (unpaired) electrons. The van der Waals surface area contributed by atoms with Crippen molar-refractivity contribution in [3.63, 3.8) is 0 Å². The molecule has 0 unspecified atom stereocenters. The molecule has 1 aliphatic rings. The second-order valence-corrected chi connectivity index (χ2v) is 4.54. The molecular weight excluding hydrogens is 268 g/mol. The van der Waals surface area contributed by atoms with Crippen molar-refractivity contribution in [3.8, 4) is 23.6 Å². The van der Waals surface area contributed by atoms with Crippen LogP contribution in [0.5, 0.6) is 11.5 Å². The zero-order valence-electron chi connectivity index (χ0n) is 11.7. The van der Waals surface area contributed by atoms with Crippen LogP contribution in [0, 0.1) is 28.6 Å². The summed E-state index contributed by atoms with van der Waals surface area (Å²) in [5.41, 5.74) is -0.212. The molecule has 0 spiro atoms. The van der Waals surface area contributed by atoms with Crippen LogP contribution in [0.4, 0.5) is 0 Å². The van der Waals surface area contributed by atoms with Crippen molar-refractivity contribution in [3.05, 3.63) is 35.4 Å². The van der Waals surface area contributed by atoms with E-state index in [1.54, 1.807) is 50.6 Å². The summed E-state index contributed by atoms with van der Waals surface area (Å²) in [5, 5.41) is 28.5. The van der Waals surface area contributed by atoms with Gasteiger partial charge in [0.25, 0.3) is 0 Å². The van der Waals surface area contributed by atoms with Crippen molar-refractivity contribution < 1.29 is 14.6 Å². The number of methoxy groups -OCH3 is 2. The number of benzene rings is 1. The topological polar surface area (TPSA) is 86.3 Å². The Hall–Kier alpha value is -2.76. The first kappa shape index (κ1) is 14.6. The fourth-order valence-electron chi connectivity index (χ4n) is 2.21. The average molecular weight is 282 g/mol. The number of ether oxygens (including phenoxy) is 2. The summed E-state index contributed by atoms with van der Waals surface area (Å²) >= 11 is 0. The maximum Gasteiger partial charge on any atom is 0.169 e. The van der Waals surface area contributed by atoms with E-state index in [0.717, 1.165) is 11.1 Å². The molecule has 1 aliphatic carbocycles. The first-order valence-corrected chi connectivity index (χ1v) is 6.24. The van der Waals surface area contributed by atoms with Gasteiger partial charge in [0.2, 0.25) is 0 Å². The highest BCUT2D eigenvalue weighted by atomic mass is 16.5. The maximum atomic E-state index is 10.5. The lowest BCUT2D eigenvalue weighted by molar-refractivity contribution is 0.123. The minimum atomic E-state index is -1.65. The molecule has 1 aromatic rings. The molecule has 1 aromatic carbocycles. The second kappa shape index (κ2) is 5.70. The molecule has 0 bridgehead atoms. The highest BCUT2D eigenvalue weighted by Gasteiger charge is 2.33. The van der Waals surface area contributed by atoms with Crippen molar-refractivity contribution >= 4 is 12.2 Å². The van der Waals surface area contributed by atoms with Gasteiger partial charge in [-0.1, -0.05) is 12.2 Å². The summed E-state index contributed by atoms with van der Waals surface area (Å²) < 4.78 is 10.6. The smallest absolute Gasteiger partial charge is 0.169 e. The highest BCUT2D eigenvalue weighted by Crippen LogP contribution is 2.37. The van der Waals surface area contributed by atoms with E-state index < -0.39 is 11.5 Å². The van der Waals surface area contributed by atoms with Crippen LogP contribution >= 0.6 is 0 Å². The summed E-state index contributed by atoms with van der Waals surface area (Å²) in [6, 6.07) is 7.11. The van der Waals surface area contributed by atoms with E-state index in [-0.39, 0.29) is 0 Å². The van der Waals surface area contributed by atoms with Crippen molar-refractivity contribution in [2.75, 3.05) is 14.2 Å². The van der Waals surface area contributed by atoms with Gasteiger partial charge in [0, 0.05) is 11.1 Å². The van der Waals surface area contributed by atoms with Crippen LogP contribution in [0.1, 0.15) is 11.1 Å². The van der Waals surface area contributed by atoms with E-state index in [4.69, 9.17) is 20.0 Å². The van der Waals surface area contributed by atoms with Gasteiger partial charge in [0.1, 0.15) is 17.1 Å². The van der Waals surface area contributed by atoms with E-state index in [1.165, 1.54) is 12.2 Å². The number of nitriles is 2. The molecule has 5 nitrogen and oxygen atoms in total. The summed E-state index contributed by atoms with van der Waals surface area (Å²) in [7, 11) is 3.09. The molecule has 0 saturated heterocycles. The maximum absolute atomic E-state index is 10.5. The van der Waals surface area contributed by atoms with Crippen LogP contribution in [0.15, 0.2) is 24.3 Å². The Morgan fingerprint density at radius 3 is 1.76 bits per heavy atom. The normalized spacial score (nSPS) is 14.8. The predicted octanol–water partition coefficient (Wildman–Crippen LogP) is 2.14. The number of aliphatic hydroxyl groups is 1. The zero-order valence-corrected chi connectivity index (χ0v) is 11.7. The lowest BCUT2D eigenvalue weighted by Gasteiger charge is -2.20. The molecule has 0 fully saturated rings. The average Bonchev–Trinajstić information content (AvgIpc) is 2.68. The fourth-order valence-corrected chi connectivity index (χ4v) is 2.21. The Kier molecular flexibility index (Phi) is 3.98. The van der Waals surface area contributed by atoms with Crippen molar-refractivity contribution in [1.82, 2.24) is 0 Å². The molecule has 0 aliphatic heterocycles. The van der Waals surface area contributed by atoms with Gasteiger partial charge in [-0.05, 0) is 24.3 Å². The molecule has 21 heavy (non-hydrogen) atoms. The van der Waals surface area contributed by atoms with Crippen LogP contribution in [0.3, 0.4) is 0 Å². The van der Waals surface area contributed by atoms with E-state index in [2.05, 4.69) is 0 Å². The molecule has 0 aromatic heterocycles. The second-order valence-electron chi connectivity index (χ2n) is 4.54. The molecule has 0 heterocycles. The van der Waals surface area contributed by atoms with E-state index in [1.807, 2.05) is 0 Å². The molecule has 2 rings (SSSR count). The lowest BCUT2D eigenvalue weighted by atomic mass is 9.89. The van der Waals surface area contributed by atoms with Gasteiger partial charge in [-0.3, -0.25) is 0 Å². The van der Waals surface area contributed by atoms with Gasteiger partial charge >= 0.3 is 0 Å². The molecule has 0 atom stereocenters. The summed E-state index contributed by atoms with van der Waals surface area (Å²) in [6.45, 7) is 0. The standard InChI is InChI=1S/C16H14N2O3/c1-20-14-3-4-15(21-2)13-6-8-16(19,7-5-12(13)14)11(9-17)10-18/h3-8,11,19H,1-2H3. The van der Waals surface area contributed by atoms with Crippen LogP contribution in [0.25, 0.3) is 12.2 Å². The van der Waals surface area contributed by atoms with Gasteiger partial charge in [0.15, 0.2) is 5.92 Å². The van der Waals surface area contributed by atoms with Crippen molar-refractivity contribution in [2.45, 2.75) is 5.60 Å². The Balaban J connectivity index is 2.62. The third-order valence-electron chi connectivity index (χ3n) is 3.40. The summed E-state index contributed by atoms with van der Waals surface area (Å²) in [4.78, 5) is 0. The van der Waals surface area contributed by atoms with Crippen LogP contribution < -0.4 is 9.47 Å². The largest absolute Gasteiger partial charge is 0.496 e. The molecule has 0 saturated carbocycles. The van der Waals surface area contributed by atoms with Gasteiger partial charge in [0.05, 0.1) is 26.4 Å². The lowest BCUT2D eigenvalue weighted by Crippen LogP contribution is -2.31. The molecule has 106 valence electrons.